The Labute approximate surface area is 118 Å². The SMILES string of the molecule is N#Cc1cc(NC(=O)c2cc(Cl)ncc2N)ccc1F. The second kappa shape index (κ2) is 5.55. The number of hydrogen-bond donors (Lipinski definition) is 2. The molecule has 0 saturated carbocycles. The fourth-order valence-corrected chi connectivity index (χ4v) is 1.68. The average molecular weight is 291 g/mol. The van der Waals surface area contributed by atoms with Gasteiger partial charge in [0.05, 0.1) is 23.0 Å². The molecular formula is C13H8ClFN4O. The third-order valence-corrected chi connectivity index (χ3v) is 2.70. The van der Waals surface area contributed by atoms with Gasteiger partial charge in [-0.2, -0.15) is 5.26 Å². The molecule has 0 spiro atoms. The molecule has 3 N–H and O–H groups in total. The van der Waals surface area contributed by atoms with E-state index in [1.807, 2.05) is 0 Å². The third kappa shape index (κ3) is 2.84. The molecule has 0 saturated heterocycles. The number of nitrogens with two attached hydrogens (primary N) is 1. The van der Waals surface area contributed by atoms with E-state index in [4.69, 9.17) is 22.6 Å². The van der Waals surface area contributed by atoms with Crippen molar-refractivity contribution in [2.75, 3.05) is 11.1 Å². The number of nitrogens with zero attached hydrogens (tertiary/aromatic N) is 2. The monoisotopic (exact) mass is 290 g/mol. The van der Waals surface area contributed by atoms with Gasteiger partial charge in [0.25, 0.3) is 5.91 Å². The second-order valence-corrected chi connectivity index (χ2v) is 4.24. The molecule has 5 nitrogen and oxygen atoms in total. The van der Waals surface area contributed by atoms with Crippen LogP contribution in [0.15, 0.2) is 30.5 Å². The van der Waals surface area contributed by atoms with E-state index in [2.05, 4.69) is 10.3 Å². The number of nitriles is 1. The fraction of sp³-hybridized carbons (Fsp3) is 0. The van der Waals surface area contributed by atoms with Gasteiger partial charge in [0.15, 0.2) is 0 Å². The summed E-state index contributed by atoms with van der Waals surface area (Å²) in [7, 11) is 0. The van der Waals surface area contributed by atoms with E-state index in [-0.39, 0.29) is 27.7 Å². The summed E-state index contributed by atoms with van der Waals surface area (Å²) in [5.74, 6) is -1.18. The van der Waals surface area contributed by atoms with E-state index in [0.29, 0.717) is 0 Å². The first-order valence-corrected chi connectivity index (χ1v) is 5.81. The summed E-state index contributed by atoms with van der Waals surface area (Å²) < 4.78 is 13.2. The van der Waals surface area contributed by atoms with Crippen LogP contribution in [-0.4, -0.2) is 10.9 Å². The van der Waals surface area contributed by atoms with Crippen molar-refractivity contribution in [2.24, 2.45) is 0 Å². The number of hydrogen-bond acceptors (Lipinski definition) is 4. The topological polar surface area (TPSA) is 91.8 Å². The van der Waals surface area contributed by atoms with Gasteiger partial charge in [0.2, 0.25) is 0 Å². The minimum absolute atomic E-state index is 0.126. The van der Waals surface area contributed by atoms with Crippen LogP contribution < -0.4 is 11.1 Å². The molecule has 7 heteroatoms. The Morgan fingerprint density at radius 3 is 2.90 bits per heavy atom. The lowest BCUT2D eigenvalue weighted by Gasteiger charge is -2.08. The number of nitrogen functional groups attached to an aromatic ring is 1. The molecule has 0 fully saturated rings. The highest BCUT2D eigenvalue weighted by molar-refractivity contribution is 6.30. The number of pyridine rings is 1. The minimum Gasteiger partial charge on any atom is -0.397 e. The Balaban J connectivity index is 2.28. The predicted octanol–water partition coefficient (Wildman–Crippen LogP) is 2.58. The Hall–Kier alpha value is -2.65. The highest BCUT2D eigenvalue weighted by atomic mass is 35.5. The van der Waals surface area contributed by atoms with Crippen molar-refractivity contribution in [3.8, 4) is 6.07 Å². The normalized spacial score (nSPS) is 9.85. The maximum atomic E-state index is 13.2. The number of carbonyl (C=O) groups excluding carboxylic acids is 1. The Bertz CT molecular complexity index is 727. The molecule has 0 aliphatic rings. The molecule has 20 heavy (non-hydrogen) atoms. The quantitative estimate of drug-likeness (QED) is 0.832. The number of benzene rings is 1. The van der Waals surface area contributed by atoms with Gasteiger partial charge in [-0.3, -0.25) is 4.79 Å². The predicted molar refractivity (Wildman–Crippen MR) is 72.7 cm³/mol. The molecule has 1 heterocycles. The molecule has 0 bridgehead atoms. The van der Waals surface area contributed by atoms with Gasteiger partial charge >= 0.3 is 0 Å². The summed E-state index contributed by atoms with van der Waals surface area (Å²) in [6.45, 7) is 0. The van der Waals surface area contributed by atoms with E-state index < -0.39 is 11.7 Å². The van der Waals surface area contributed by atoms with Crippen LogP contribution in [0.5, 0.6) is 0 Å². The van der Waals surface area contributed by atoms with Crippen molar-refractivity contribution in [3.05, 3.63) is 52.6 Å². The molecular weight excluding hydrogens is 283 g/mol. The molecule has 2 rings (SSSR count). The van der Waals surface area contributed by atoms with Crippen molar-refractivity contribution < 1.29 is 9.18 Å². The Morgan fingerprint density at radius 1 is 1.45 bits per heavy atom. The summed E-state index contributed by atoms with van der Waals surface area (Å²) >= 11 is 5.69. The number of carbonyl (C=O) groups is 1. The number of amides is 1. The summed E-state index contributed by atoms with van der Waals surface area (Å²) in [4.78, 5) is 15.8. The minimum atomic E-state index is -0.656. The van der Waals surface area contributed by atoms with Crippen LogP contribution >= 0.6 is 11.6 Å². The van der Waals surface area contributed by atoms with Crippen molar-refractivity contribution >= 4 is 28.9 Å². The summed E-state index contributed by atoms with van der Waals surface area (Å²) in [6.07, 6.45) is 1.27. The number of halogens is 2. The van der Waals surface area contributed by atoms with Gasteiger partial charge in [-0.15, -0.1) is 0 Å². The largest absolute Gasteiger partial charge is 0.397 e. The molecule has 2 aromatic rings. The van der Waals surface area contributed by atoms with E-state index in [0.717, 1.165) is 6.07 Å². The van der Waals surface area contributed by atoms with Crippen LogP contribution in [-0.2, 0) is 0 Å². The molecule has 0 unspecified atom stereocenters. The lowest BCUT2D eigenvalue weighted by atomic mass is 10.2. The van der Waals surface area contributed by atoms with Gasteiger partial charge < -0.3 is 11.1 Å². The fourth-order valence-electron chi connectivity index (χ4n) is 1.52. The van der Waals surface area contributed by atoms with Crippen LogP contribution in [0.1, 0.15) is 15.9 Å². The maximum absolute atomic E-state index is 13.2. The van der Waals surface area contributed by atoms with Crippen molar-refractivity contribution in [2.45, 2.75) is 0 Å². The van der Waals surface area contributed by atoms with E-state index in [1.54, 1.807) is 6.07 Å². The molecule has 0 aliphatic heterocycles. The molecule has 100 valence electrons. The van der Waals surface area contributed by atoms with Crippen LogP contribution in [0, 0.1) is 17.1 Å². The van der Waals surface area contributed by atoms with Crippen molar-refractivity contribution in [1.29, 1.82) is 5.26 Å². The molecule has 1 aromatic carbocycles. The Kier molecular flexibility index (Phi) is 3.82. The summed E-state index contributed by atoms with van der Waals surface area (Å²) in [5.41, 5.74) is 6.05. The van der Waals surface area contributed by atoms with Gasteiger partial charge in [0, 0.05) is 5.69 Å². The first-order valence-electron chi connectivity index (χ1n) is 5.43. The number of anilines is 2. The van der Waals surface area contributed by atoms with Crippen LogP contribution in [0.3, 0.4) is 0 Å². The lowest BCUT2D eigenvalue weighted by Crippen LogP contribution is -2.14. The van der Waals surface area contributed by atoms with Gasteiger partial charge in [-0.05, 0) is 24.3 Å². The molecule has 1 aromatic heterocycles. The second-order valence-electron chi connectivity index (χ2n) is 3.85. The molecule has 0 aliphatic carbocycles. The van der Waals surface area contributed by atoms with Crippen molar-refractivity contribution in [1.82, 2.24) is 4.98 Å². The summed E-state index contributed by atoms with van der Waals surface area (Å²) in [5, 5.41) is 11.4. The number of aromatic nitrogens is 1. The first-order chi connectivity index (χ1) is 9.51. The van der Waals surface area contributed by atoms with E-state index >= 15 is 0 Å². The van der Waals surface area contributed by atoms with E-state index in [9.17, 15) is 9.18 Å². The van der Waals surface area contributed by atoms with Gasteiger partial charge in [-0.25, -0.2) is 9.37 Å². The highest BCUT2D eigenvalue weighted by Gasteiger charge is 2.12. The molecule has 1 amide bonds. The van der Waals surface area contributed by atoms with Crippen LogP contribution in [0.25, 0.3) is 0 Å². The molecule has 0 radical (unpaired) electrons. The van der Waals surface area contributed by atoms with Crippen LogP contribution in [0.2, 0.25) is 5.15 Å². The highest BCUT2D eigenvalue weighted by Crippen LogP contribution is 2.18. The number of nitrogens with one attached hydrogen (secondary N) is 1. The zero-order chi connectivity index (χ0) is 14.7. The van der Waals surface area contributed by atoms with E-state index in [1.165, 1.54) is 24.4 Å². The number of rotatable bonds is 2. The maximum Gasteiger partial charge on any atom is 0.257 e. The third-order valence-electron chi connectivity index (χ3n) is 2.49. The standard InChI is InChI=1S/C13H8ClFN4O/c14-12-4-9(11(17)6-18-12)13(20)19-8-1-2-10(15)7(3-8)5-16/h1-4,6H,17H2,(H,19,20). The van der Waals surface area contributed by atoms with Gasteiger partial charge in [0.1, 0.15) is 17.0 Å². The molecule has 0 atom stereocenters. The first kappa shape index (κ1) is 13.8. The smallest absolute Gasteiger partial charge is 0.257 e. The Morgan fingerprint density at radius 2 is 2.20 bits per heavy atom. The zero-order valence-electron chi connectivity index (χ0n) is 10.0. The van der Waals surface area contributed by atoms with Gasteiger partial charge in [-0.1, -0.05) is 11.6 Å². The van der Waals surface area contributed by atoms with Crippen molar-refractivity contribution in [3.63, 3.8) is 0 Å². The van der Waals surface area contributed by atoms with Crippen LogP contribution in [0.4, 0.5) is 15.8 Å². The summed E-state index contributed by atoms with van der Waals surface area (Å²) in [6, 6.07) is 6.67. The average Bonchev–Trinajstić information content (AvgIpc) is 2.43. The lowest BCUT2D eigenvalue weighted by molar-refractivity contribution is 0.102. The zero-order valence-corrected chi connectivity index (χ0v) is 10.8.